The summed E-state index contributed by atoms with van der Waals surface area (Å²) in [7, 11) is 0. The minimum Gasteiger partial charge on any atom is -0.389 e. The first-order valence-corrected chi connectivity index (χ1v) is 4.86. The molecule has 0 aliphatic carbocycles. The number of amides is 1. The van der Waals surface area contributed by atoms with Crippen LogP contribution < -0.4 is 5.32 Å². The lowest BCUT2D eigenvalue weighted by atomic mass is 10.1. The molecule has 0 saturated carbocycles. The fraction of sp³-hybridized carbons (Fsp3) is 0.700. The second kappa shape index (κ2) is 4.57. The largest absolute Gasteiger partial charge is 0.389 e. The maximum absolute atomic E-state index is 11.3. The standard InChI is InChI=1S/C10H18N2O2/c1-3-5-11-9(13)7-12-6-4-10(2,14)8-12/h3,14H,1,4-8H2,2H3,(H,11,13). The van der Waals surface area contributed by atoms with E-state index in [0.29, 0.717) is 19.6 Å². The third kappa shape index (κ3) is 3.47. The molecule has 0 radical (unpaired) electrons. The highest BCUT2D eigenvalue weighted by Gasteiger charge is 2.31. The molecular formula is C10H18N2O2. The number of carbonyl (C=O) groups is 1. The van der Waals surface area contributed by atoms with Crippen molar-refractivity contribution in [1.82, 2.24) is 10.2 Å². The Kier molecular flexibility index (Phi) is 3.66. The van der Waals surface area contributed by atoms with E-state index in [1.807, 2.05) is 4.90 Å². The van der Waals surface area contributed by atoms with E-state index >= 15 is 0 Å². The van der Waals surface area contributed by atoms with Crippen LogP contribution in [-0.2, 0) is 4.79 Å². The van der Waals surface area contributed by atoms with Crippen LogP contribution in [0.3, 0.4) is 0 Å². The van der Waals surface area contributed by atoms with Gasteiger partial charge in [-0.1, -0.05) is 6.08 Å². The van der Waals surface area contributed by atoms with Crippen LogP contribution in [0.25, 0.3) is 0 Å². The molecule has 0 aromatic rings. The van der Waals surface area contributed by atoms with Crippen LogP contribution in [0.5, 0.6) is 0 Å². The predicted octanol–water partition coefficient (Wildman–Crippen LogP) is -0.255. The van der Waals surface area contributed by atoms with E-state index in [-0.39, 0.29) is 5.91 Å². The van der Waals surface area contributed by atoms with Crippen LogP contribution in [-0.4, -0.2) is 47.7 Å². The van der Waals surface area contributed by atoms with E-state index in [9.17, 15) is 9.90 Å². The Morgan fingerprint density at radius 2 is 2.50 bits per heavy atom. The van der Waals surface area contributed by atoms with E-state index in [1.54, 1.807) is 13.0 Å². The summed E-state index contributed by atoms with van der Waals surface area (Å²) in [6.45, 7) is 7.55. The zero-order valence-electron chi connectivity index (χ0n) is 8.62. The van der Waals surface area contributed by atoms with Crippen molar-refractivity contribution in [2.24, 2.45) is 0 Å². The Hall–Kier alpha value is -0.870. The fourth-order valence-corrected chi connectivity index (χ4v) is 1.62. The van der Waals surface area contributed by atoms with Crippen LogP contribution in [0, 0.1) is 0 Å². The van der Waals surface area contributed by atoms with Gasteiger partial charge in [0.2, 0.25) is 5.91 Å². The van der Waals surface area contributed by atoms with Crippen LogP contribution in [0.4, 0.5) is 0 Å². The molecular weight excluding hydrogens is 180 g/mol. The Labute approximate surface area is 84.6 Å². The van der Waals surface area contributed by atoms with Gasteiger partial charge in [-0.25, -0.2) is 0 Å². The summed E-state index contributed by atoms with van der Waals surface area (Å²) in [6, 6.07) is 0. The van der Waals surface area contributed by atoms with Gasteiger partial charge < -0.3 is 10.4 Å². The summed E-state index contributed by atoms with van der Waals surface area (Å²) in [6.07, 6.45) is 2.39. The molecule has 1 saturated heterocycles. The molecule has 0 aromatic heterocycles. The second-order valence-electron chi connectivity index (χ2n) is 4.05. The molecule has 1 unspecified atom stereocenters. The summed E-state index contributed by atoms with van der Waals surface area (Å²) < 4.78 is 0. The van der Waals surface area contributed by atoms with Crippen molar-refractivity contribution < 1.29 is 9.90 Å². The molecule has 4 nitrogen and oxygen atoms in total. The summed E-state index contributed by atoms with van der Waals surface area (Å²) in [5.41, 5.74) is -0.626. The average Bonchev–Trinajstić information content (AvgIpc) is 2.42. The molecule has 1 atom stereocenters. The zero-order chi connectivity index (χ0) is 10.6. The monoisotopic (exact) mass is 198 g/mol. The van der Waals surface area contributed by atoms with Crippen molar-refractivity contribution in [3.05, 3.63) is 12.7 Å². The predicted molar refractivity (Wildman–Crippen MR) is 54.9 cm³/mol. The summed E-state index contributed by atoms with van der Waals surface area (Å²) in [4.78, 5) is 13.2. The van der Waals surface area contributed by atoms with Crippen molar-refractivity contribution in [3.63, 3.8) is 0 Å². The highest BCUT2D eigenvalue weighted by Crippen LogP contribution is 2.19. The molecule has 80 valence electrons. The molecule has 14 heavy (non-hydrogen) atoms. The zero-order valence-corrected chi connectivity index (χ0v) is 8.62. The van der Waals surface area contributed by atoms with Crippen LogP contribution in [0.15, 0.2) is 12.7 Å². The van der Waals surface area contributed by atoms with Crippen molar-refractivity contribution in [2.45, 2.75) is 18.9 Å². The first-order chi connectivity index (χ1) is 6.53. The van der Waals surface area contributed by atoms with Crippen LogP contribution in [0.2, 0.25) is 0 Å². The first-order valence-electron chi connectivity index (χ1n) is 4.86. The van der Waals surface area contributed by atoms with Gasteiger partial charge in [-0.2, -0.15) is 0 Å². The number of β-amino-alcohol motifs (C(OH)–C–C–N with tert-alkyl or cyclic N) is 1. The van der Waals surface area contributed by atoms with Gasteiger partial charge in [0.05, 0.1) is 12.1 Å². The van der Waals surface area contributed by atoms with E-state index in [2.05, 4.69) is 11.9 Å². The van der Waals surface area contributed by atoms with Gasteiger partial charge in [-0.15, -0.1) is 6.58 Å². The molecule has 1 fully saturated rings. The number of likely N-dealkylation sites (tertiary alicyclic amines) is 1. The van der Waals surface area contributed by atoms with Gasteiger partial charge in [0, 0.05) is 19.6 Å². The van der Waals surface area contributed by atoms with E-state index in [1.165, 1.54) is 0 Å². The smallest absolute Gasteiger partial charge is 0.234 e. The van der Waals surface area contributed by atoms with Gasteiger partial charge in [0.1, 0.15) is 0 Å². The van der Waals surface area contributed by atoms with Gasteiger partial charge in [0.15, 0.2) is 0 Å². The van der Waals surface area contributed by atoms with Gasteiger partial charge in [-0.05, 0) is 13.3 Å². The second-order valence-corrected chi connectivity index (χ2v) is 4.05. The average molecular weight is 198 g/mol. The third-order valence-corrected chi connectivity index (χ3v) is 2.34. The number of nitrogens with zero attached hydrogens (tertiary/aromatic N) is 1. The number of hydrogen-bond donors (Lipinski definition) is 2. The lowest BCUT2D eigenvalue weighted by Crippen LogP contribution is -2.38. The molecule has 1 heterocycles. The minimum atomic E-state index is -0.626. The van der Waals surface area contributed by atoms with Crippen molar-refractivity contribution in [2.75, 3.05) is 26.2 Å². The number of aliphatic hydroxyl groups is 1. The molecule has 1 rings (SSSR count). The van der Waals surface area contributed by atoms with Crippen LogP contribution >= 0.6 is 0 Å². The maximum atomic E-state index is 11.3. The lowest BCUT2D eigenvalue weighted by Gasteiger charge is -2.17. The molecule has 4 heteroatoms. The SMILES string of the molecule is C=CCNC(=O)CN1CCC(C)(O)C1. The van der Waals surface area contributed by atoms with Crippen molar-refractivity contribution in [3.8, 4) is 0 Å². The lowest BCUT2D eigenvalue weighted by molar-refractivity contribution is -0.121. The molecule has 0 aromatic carbocycles. The Morgan fingerprint density at radius 1 is 1.79 bits per heavy atom. The Balaban J connectivity index is 2.25. The number of nitrogens with one attached hydrogen (secondary N) is 1. The highest BCUT2D eigenvalue weighted by molar-refractivity contribution is 5.78. The van der Waals surface area contributed by atoms with E-state index in [0.717, 1.165) is 13.0 Å². The Morgan fingerprint density at radius 3 is 3.00 bits per heavy atom. The highest BCUT2D eigenvalue weighted by atomic mass is 16.3. The van der Waals surface area contributed by atoms with Crippen molar-refractivity contribution >= 4 is 5.91 Å². The molecule has 1 aliphatic rings. The Bertz CT molecular complexity index is 226. The van der Waals surface area contributed by atoms with Gasteiger partial charge >= 0.3 is 0 Å². The topological polar surface area (TPSA) is 52.6 Å². The van der Waals surface area contributed by atoms with Crippen molar-refractivity contribution in [1.29, 1.82) is 0 Å². The minimum absolute atomic E-state index is 0.0115. The molecule has 1 aliphatic heterocycles. The third-order valence-electron chi connectivity index (χ3n) is 2.34. The number of hydrogen-bond acceptors (Lipinski definition) is 3. The van der Waals surface area contributed by atoms with Gasteiger partial charge in [-0.3, -0.25) is 9.69 Å². The molecule has 0 bridgehead atoms. The quantitative estimate of drug-likeness (QED) is 0.612. The maximum Gasteiger partial charge on any atom is 0.234 e. The van der Waals surface area contributed by atoms with E-state index < -0.39 is 5.60 Å². The normalized spacial score (nSPS) is 27.6. The molecule has 1 amide bonds. The molecule has 0 spiro atoms. The number of carbonyl (C=O) groups excluding carboxylic acids is 1. The number of rotatable bonds is 4. The van der Waals surface area contributed by atoms with Crippen LogP contribution in [0.1, 0.15) is 13.3 Å². The fourth-order valence-electron chi connectivity index (χ4n) is 1.62. The van der Waals surface area contributed by atoms with Gasteiger partial charge in [0.25, 0.3) is 0 Å². The molecule has 2 N–H and O–H groups in total. The summed E-state index contributed by atoms with van der Waals surface area (Å²) in [5, 5.41) is 12.4. The summed E-state index contributed by atoms with van der Waals surface area (Å²) in [5.74, 6) is -0.0115. The first kappa shape index (κ1) is 11.2. The summed E-state index contributed by atoms with van der Waals surface area (Å²) >= 11 is 0. The van der Waals surface area contributed by atoms with E-state index in [4.69, 9.17) is 0 Å².